The number of alkyl halides is 1. The van der Waals surface area contributed by atoms with Crippen molar-refractivity contribution in [2.75, 3.05) is 5.88 Å². The van der Waals surface area contributed by atoms with Gasteiger partial charge in [-0.15, -0.1) is 11.6 Å². The molecule has 0 aromatic heterocycles. The molecule has 60 valence electrons. The number of benzene rings is 1. The second-order valence-corrected chi connectivity index (χ2v) is 3.78. The lowest BCUT2D eigenvalue weighted by atomic mass is 10.2. The Kier molecular flexibility index (Phi) is 3.70. The molecule has 0 nitrogen and oxygen atoms in total. The molecule has 0 saturated carbocycles. The van der Waals surface area contributed by atoms with Gasteiger partial charge in [-0.2, -0.15) is 0 Å². The van der Waals surface area contributed by atoms with E-state index >= 15 is 0 Å². The molecule has 0 aliphatic carbocycles. The quantitative estimate of drug-likeness (QED) is 0.702. The minimum atomic E-state index is 0.600. The Hall–Kier alpha value is 0.280. The Balaban J connectivity index is 3.00. The van der Waals surface area contributed by atoms with E-state index in [4.69, 9.17) is 23.2 Å². The van der Waals surface area contributed by atoms with E-state index in [-0.39, 0.29) is 0 Å². The molecule has 0 atom stereocenters. The minimum Gasteiger partial charge on any atom is -0.126 e. The fraction of sp³-hybridized carbons (Fsp3) is 0.250. The molecular weight excluding hydrogens is 247 g/mol. The Morgan fingerprint density at radius 3 is 2.64 bits per heavy atom. The zero-order chi connectivity index (χ0) is 8.27. The molecule has 0 unspecified atom stereocenters. The van der Waals surface area contributed by atoms with Crippen LogP contribution < -0.4 is 0 Å². The number of hydrogen-bond acceptors (Lipinski definition) is 0. The molecule has 0 spiro atoms. The van der Waals surface area contributed by atoms with Crippen LogP contribution >= 0.6 is 39.1 Å². The molecule has 11 heavy (non-hydrogen) atoms. The summed E-state index contributed by atoms with van der Waals surface area (Å²) in [6.07, 6.45) is 0.807. The van der Waals surface area contributed by atoms with Gasteiger partial charge in [0, 0.05) is 15.4 Å². The highest BCUT2D eigenvalue weighted by Crippen LogP contribution is 2.25. The molecule has 1 aromatic carbocycles. The van der Waals surface area contributed by atoms with Crippen LogP contribution in [0.3, 0.4) is 0 Å². The molecule has 3 heteroatoms. The maximum atomic E-state index is 5.92. The highest BCUT2D eigenvalue weighted by atomic mass is 79.9. The molecule has 0 amide bonds. The Labute approximate surface area is 84.6 Å². The van der Waals surface area contributed by atoms with Crippen molar-refractivity contribution in [1.29, 1.82) is 0 Å². The number of rotatable bonds is 2. The molecule has 0 bridgehead atoms. The smallest absolute Gasteiger partial charge is 0.0449 e. The summed E-state index contributed by atoms with van der Waals surface area (Å²) < 4.78 is 1.03. The second-order valence-electron chi connectivity index (χ2n) is 2.14. The average molecular weight is 254 g/mol. The van der Waals surface area contributed by atoms with Gasteiger partial charge in [-0.25, -0.2) is 0 Å². The van der Waals surface area contributed by atoms with Crippen molar-refractivity contribution in [3.05, 3.63) is 33.3 Å². The molecule has 0 aliphatic heterocycles. The van der Waals surface area contributed by atoms with Crippen molar-refractivity contribution in [3.8, 4) is 0 Å². The largest absolute Gasteiger partial charge is 0.126 e. The van der Waals surface area contributed by atoms with Gasteiger partial charge in [-0.3, -0.25) is 0 Å². The van der Waals surface area contributed by atoms with E-state index in [1.165, 1.54) is 0 Å². The van der Waals surface area contributed by atoms with Gasteiger partial charge in [0.25, 0.3) is 0 Å². The lowest BCUT2D eigenvalue weighted by molar-refractivity contribution is 1.14. The van der Waals surface area contributed by atoms with Crippen LogP contribution in [0.25, 0.3) is 0 Å². The van der Waals surface area contributed by atoms with Crippen molar-refractivity contribution >= 4 is 39.1 Å². The highest BCUT2D eigenvalue weighted by molar-refractivity contribution is 9.10. The van der Waals surface area contributed by atoms with Crippen molar-refractivity contribution in [2.45, 2.75) is 6.42 Å². The number of halogens is 3. The molecule has 1 rings (SSSR count). The van der Waals surface area contributed by atoms with Crippen LogP contribution in [0.5, 0.6) is 0 Å². The maximum Gasteiger partial charge on any atom is 0.0449 e. The van der Waals surface area contributed by atoms with Gasteiger partial charge in [0.05, 0.1) is 0 Å². The lowest BCUT2D eigenvalue weighted by Crippen LogP contribution is -1.88. The van der Waals surface area contributed by atoms with Crippen molar-refractivity contribution in [1.82, 2.24) is 0 Å². The first-order chi connectivity index (χ1) is 5.25. The molecule has 0 N–H and O–H groups in total. The zero-order valence-corrected chi connectivity index (χ0v) is 8.88. The van der Waals surface area contributed by atoms with Crippen molar-refractivity contribution in [2.24, 2.45) is 0 Å². The summed E-state index contributed by atoms with van der Waals surface area (Å²) in [4.78, 5) is 0. The number of hydrogen-bond donors (Lipinski definition) is 0. The van der Waals surface area contributed by atoms with Crippen LogP contribution in [0, 0.1) is 0 Å². The van der Waals surface area contributed by atoms with Crippen LogP contribution in [0.15, 0.2) is 22.7 Å². The third kappa shape index (κ3) is 2.36. The summed E-state index contributed by atoms with van der Waals surface area (Å²) in [7, 11) is 0. The summed E-state index contributed by atoms with van der Waals surface area (Å²) in [5.41, 5.74) is 1.09. The van der Waals surface area contributed by atoms with Crippen LogP contribution in [-0.4, -0.2) is 5.88 Å². The summed E-state index contributed by atoms with van der Waals surface area (Å²) in [6.45, 7) is 0. The topological polar surface area (TPSA) is 0 Å². The molecule has 0 saturated heterocycles. The predicted octanol–water partition coefficient (Wildman–Crippen LogP) is 3.88. The average Bonchev–Trinajstić information content (AvgIpc) is 1.97. The van der Waals surface area contributed by atoms with Crippen LogP contribution in [0.2, 0.25) is 5.02 Å². The van der Waals surface area contributed by atoms with Crippen LogP contribution in [0.4, 0.5) is 0 Å². The Bertz CT molecular complexity index is 228. The third-order valence-electron chi connectivity index (χ3n) is 1.41. The molecule has 0 fully saturated rings. The van der Waals surface area contributed by atoms with Crippen molar-refractivity contribution in [3.63, 3.8) is 0 Å². The molecule has 0 radical (unpaired) electrons. The van der Waals surface area contributed by atoms with Gasteiger partial charge < -0.3 is 0 Å². The van der Waals surface area contributed by atoms with Crippen LogP contribution in [-0.2, 0) is 6.42 Å². The van der Waals surface area contributed by atoms with Crippen LogP contribution in [0.1, 0.15) is 5.56 Å². The van der Waals surface area contributed by atoms with Gasteiger partial charge >= 0.3 is 0 Å². The Morgan fingerprint density at radius 1 is 1.36 bits per heavy atom. The summed E-state index contributed by atoms with van der Waals surface area (Å²) in [5.74, 6) is 0.600. The molecular formula is C8H7BrCl2. The van der Waals surface area contributed by atoms with Gasteiger partial charge in [-0.1, -0.05) is 33.6 Å². The van der Waals surface area contributed by atoms with E-state index in [9.17, 15) is 0 Å². The van der Waals surface area contributed by atoms with E-state index < -0.39 is 0 Å². The monoisotopic (exact) mass is 252 g/mol. The zero-order valence-electron chi connectivity index (χ0n) is 5.78. The maximum absolute atomic E-state index is 5.92. The van der Waals surface area contributed by atoms with E-state index in [0.29, 0.717) is 5.88 Å². The first-order valence-electron chi connectivity index (χ1n) is 3.24. The highest BCUT2D eigenvalue weighted by Gasteiger charge is 2.02. The summed E-state index contributed by atoms with van der Waals surface area (Å²) in [6, 6.07) is 5.74. The van der Waals surface area contributed by atoms with Gasteiger partial charge in [0.15, 0.2) is 0 Å². The van der Waals surface area contributed by atoms with Gasteiger partial charge in [-0.05, 0) is 24.1 Å². The Morgan fingerprint density at radius 2 is 2.09 bits per heavy atom. The van der Waals surface area contributed by atoms with Crippen molar-refractivity contribution < 1.29 is 0 Å². The SMILES string of the molecule is ClCCc1c(Cl)cccc1Br. The van der Waals surface area contributed by atoms with E-state index in [0.717, 1.165) is 21.5 Å². The predicted molar refractivity (Wildman–Crippen MR) is 53.6 cm³/mol. The first kappa shape index (κ1) is 9.37. The molecule has 0 heterocycles. The molecule has 0 aliphatic rings. The van der Waals surface area contributed by atoms with E-state index in [2.05, 4.69) is 15.9 Å². The first-order valence-corrected chi connectivity index (χ1v) is 4.95. The van der Waals surface area contributed by atoms with E-state index in [1.54, 1.807) is 0 Å². The normalized spacial score (nSPS) is 10.1. The van der Waals surface area contributed by atoms with Gasteiger partial charge in [0.2, 0.25) is 0 Å². The van der Waals surface area contributed by atoms with E-state index in [1.807, 2.05) is 18.2 Å². The molecule has 1 aromatic rings. The van der Waals surface area contributed by atoms with Gasteiger partial charge in [0.1, 0.15) is 0 Å². The third-order valence-corrected chi connectivity index (χ3v) is 2.69. The fourth-order valence-electron chi connectivity index (χ4n) is 0.866. The minimum absolute atomic E-state index is 0.600. The summed E-state index contributed by atoms with van der Waals surface area (Å²) in [5, 5.41) is 0.778. The fourth-order valence-corrected chi connectivity index (χ4v) is 2.00. The second kappa shape index (κ2) is 4.34. The standard InChI is InChI=1S/C8H7BrCl2/c9-7-2-1-3-8(11)6(7)4-5-10/h1-3H,4-5H2. The lowest BCUT2D eigenvalue weighted by Gasteiger charge is -2.03. The summed E-state index contributed by atoms with van der Waals surface area (Å²) >= 11 is 14.9.